The van der Waals surface area contributed by atoms with Crippen LogP contribution in [0.4, 0.5) is 5.82 Å². The minimum absolute atomic E-state index is 0.321. The predicted octanol–water partition coefficient (Wildman–Crippen LogP) is 0.247. The van der Waals surface area contributed by atoms with Crippen LogP contribution in [0.25, 0.3) is 11.0 Å². The van der Waals surface area contributed by atoms with Crippen LogP contribution in [-0.4, -0.2) is 26.5 Å². The molecule has 2 heterocycles. The van der Waals surface area contributed by atoms with Crippen molar-refractivity contribution in [2.75, 3.05) is 12.3 Å². The normalized spacial score (nSPS) is 10.6. The summed E-state index contributed by atoms with van der Waals surface area (Å²) < 4.78 is 1.56. The van der Waals surface area contributed by atoms with Crippen LogP contribution in [0, 0.1) is 0 Å². The molecule has 0 aliphatic rings. The van der Waals surface area contributed by atoms with E-state index in [4.69, 9.17) is 10.6 Å². The molecular formula is C8H11N5O. The third-order valence-electron chi connectivity index (χ3n) is 1.79. The molecule has 0 aliphatic heterocycles. The van der Waals surface area contributed by atoms with E-state index in [-0.39, 0.29) is 0 Å². The fourth-order valence-corrected chi connectivity index (χ4v) is 1.14. The molecule has 0 atom stereocenters. The van der Waals surface area contributed by atoms with Crippen LogP contribution in [0.15, 0.2) is 12.5 Å². The Bertz CT molecular complexity index is 438. The number of nitrogen functional groups attached to an aromatic ring is 1. The van der Waals surface area contributed by atoms with Gasteiger partial charge in [0.1, 0.15) is 24.0 Å². The summed E-state index contributed by atoms with van der Waals surface area (Å²) >= 11 is 0. The van der Waals surface area contributed by atoms with E-state index in [0.717, 1.165) is 11.9 Å². The summed E-state index contributed by atoms with van der Waals surface area (Å²) in [5.74, 6) is 0.321. The third-order valence-corrected chi connectivity index (χ3v) is 1.79. The Morgan fingerprint density at radius 3 is 3.21 bits per heavy atom. The van der Waals surface area contributed by atoms with Crippen molar-refractivity contribution >= 4 is 16.9 Å². The second kappa shape index (κ2) is 3.49. The molecule has 74 valence electrons. The van der Waals surface area contributed by atoms with Gasteiger partial charge in [-0.15, -0.1) is 5.10 Å². The highest BCUT2D eigenvalue weighted by Crippen LogP contribution is 2.13. The molecule has 0 saturated carbocycles. The van der Waals surface area contributed by atoms with Gasteiger partial charge in [-0.2, -0.15) is 9.83 Å². The van der Waals surface area contributed by atoms with E-state index in [2.05, 4.69) is 15.2 Å². The first-order chi connectivity index (χ1) is 6.83. The predicted molar refractivity (Wildman–Crippen MR) is 51.5 cm³/mol. The minimum atomic E-state index is 0.321. The molecule has 0 fully saturated rings. The third kappa shape index (κ3) is 1.34. The zero-order valence-electron chi connectivity index (χ0n) is 7.84. The molecule has 0 bridgehead atoms. The van der Waals surface area contributed by atoms with Crippen molar-refractivity contribution in [3.05, 3.63) is 12.5 Å². The Balaban J connectivity index is 2.42. The lowest BCUT2D eigenvalue weighted by molar-refractivity contribution is 0.119. The maximum atomic E-state index is 5.59. The van der Waals surface area contributed by atoms with Crippen molar-refractivity contribution in [3.8, 4) is 0 Å². The van der Waals surface area contributed by atoms with E-state index in [0.29, 0.717) is 17.9 Å². The summed E-state index contributed by atoms with van der Waals surface area (Å²) in [6.07, 6.45) is 4.09. The molecule has 0 saturated heterocycles. The molecule has 14 heavy (non-hydrogen) atoms. The molecular weight excluding hydrogens is 182 g/mol. The monoisotopic (exact) mass is 193 g/mol. The maximum Gasteiger partial charge on any atom is 0.174 e. The van der Waals surface area contributed by atoms with Gasteiger partial charge in [0.05, 0.1) is 6.20 Å². The molecule has 0 spiro atoms. The van der Waals surface area contributed by atoms with Gasteiger partial charge in [0.15, 0.2) is 5.82 Å². The summed E-state index contributed by atoms with van der Waals surface area (Å²) in [6.45, 7) is 2.67. The Kier molecular flexibility index (Phi) is 2.18. The van der Waals surface area contributed by atoms with Crippen LogP contribution in [-0.2, 0) is 0 Å². The standard InChI is InChI=1S/C8H11N5O/c1-2-3-14-13-5-10-7-6(13)4-11-12-8(7)9/h4-5H,2-3H2,1H3,(H2,9,12). The number of aromatic nitrogens is 4. The summed E-state index contributed by atoms with van der Waals surface area (Å²) in [5, 5.41) is 7.43. The Morgan fingerprint density at radius 2 is 2.43 bits per heavy atom. The topological polar surface area (TPSA) is 78.9 Å². The lowest BCUT2D eigenvalue weighted by Gasteiger charge is -2.04. The van der Waals surface area contributed by atoms with E-state index in [1.54, 1.807) is 17.3 Å². The largest absolute Gasteiger partial charge is 0.412 e. The number of anilines is 1. The van der Waals surface area contributed by atoms with Crippen LogP contribution < -0.4 is 10.6 Å². The number of nitrogens with zero attached hydrogens (tertiary/aromatic N) is 4. The lowest BCUT2D eigenvalue weighted by Crippen LogP contribution is -2.10. The van der Waals surface area contributed by atoms with Crippen molar-refractivity contribution in [3.63, 3.8) is 0 Å². The van der Waals surface area contributed by atoms with Crippen LogP contribution in [0.3, 0.4) is 0 Å². The van der Waals surface area contributed by atoms with Gasteiger partial charge < -0.3 is 10.6 Å². The van der Waals surface area contributed by atoms with Crippen LogP contribution in [0.2, 0.25) is 0 Å². The van der Waals surface area contributed by atoms with Crippen molar-refractivity contribution in [1.29, 1.82) is 0 Å². The zero-order chi connectivity index (χ0) is 9.97. The number of imidazole rings is 1. The molecule has 2 aromatic rings. The lowest BCUT2D eigenvalue weighted by atomic mass is 10.4. The fourth-order valence-electron chi connectivity index (χ4n) is 1.14. The summed E-state index contributed by atoms with van der Waals surface area (Å²) in [4.78, 5) is 9.48. The van der Waals surface area contributed by atoms with Gasteiger partial charge in [-0.3, -0.25) is 0 Å². The van der Waals surface area contributed by atoms with Gasteiger partial charge in [-0.1, -0.05) is 6.92 Å². The maximum absolute atomic E-state index is 5.59. The van der Waals surface area contributed by atoms with Crippen LogP contribution in [0.5, 0.6) is 0 Å². The van der Waals surface area contributed by atoms with E-state index in [9.17, 15) is 0 Å². The average Bonchev–Trinajstić information content (AvgIpc) is 2.60. The Morgan fingerprint density at radius 1 is 1.57 bits per heavy atom. The molecule has 2 N–H and O–H groups in total. The zero-order valence-corrected chi connectivity index (χ0v) is 7.84. The van der Waals surface area contributed by atoms with Crippen molar-refractivity contribution in [2.45, 2.75) is 13.3 Å². The molecule has 0 amide bonds. The highest BCUT2D eigenvalue weighted by atomic mass is 16.7. The first-order valence-electron chi connectivity index (χ1n) is 4.40. The number of hydrogen-bond donors (Lipinski definition) is 1. The van der Waals surface area contributed by atoms with E-state index in [1.807, 2.05) is 6.92 Å². The van der Waals surface area contributed by atoms with Crippen molar-refractivity contribution in [1.82, 2.24) is 19.9 Å². The molecule has 6 heteroatoms. The SMILES string of the molecule is CCCOn1cnc2c(N)nncc21. The smallest absolute Gasteiger partial charge is 0.174 e. The fraction of sp³-hybridized carbons (Fsp3) is 0.375. The number of rotatable bonds is 3. The number of nitrogens with two attached hydrogens (primary N) is 1. The Hall–Kier alpha value is -1.85. The minimum Gasteiger partial charge on any atom is -0.412 e. The molecule has 6 nitrogen and oxygen atoms in total. The van der Waals surface area contributed by atoms with E-state index in [1.165, 1.54) is 0 Å². The first kappa shape index (κ1) is 8.74. The van der Waals surface area contributed by atoms with Gasteiger partial charge in [-0.05, 0) is 6.42 Å². The van der Waals surface area contributed by atoms with E-state index >= 15 is 0 Å². The van der Waals surface area contributed by atoms with Gasteiger partial charge >= 0.3 is 0 Å². The molecule has 0 aromatic carbocycles. The highest BCUT2D eigenvalue weighted by molar-refractivity contribution is 5.83. The number of fused-ring (bicyclic) bond motifs is 1. The molecule has 0 aliphatic carbocycles. The molecule has 0 radical (unpaired) electrons. The van der Waals surface area contributed by atoms with Gasteiger partial charge in [0.25, 0.3) is 0 Å². The molecule has 2 rings (SSSR count). The highest BCUT2D eigenvalue weighted by Gasteiger charge is 2.06. The second-order valence-electron chi connectivity index (χ2n) is 2.87. The van der Waals surface area contributed by atoms with E-state index < -0.39 is 0 Å². The first-order valence-corrected chi connectivity index (χ1v) is 4.40. The quantitative estimate of drug-likeness (QED) is 0.755. The second-order valence-corrected chi connectivity index (χ2v) is 2.87. The Labute approximate surface area is 80.7 Å². The van der Waals surface area contributed by atoms with Crippen LogP contribution in [0.1, 0.15) is 13.3 Å². The van der Waals surface area contributed by atoms with Gasteiger partial charge in [-0.25, -0.2) is 4.98 Å². The van der Waals surface area contributed by atoms with Crippen molar-refractivity contribution in [2.24, 2.45) is 0 Å². The summed E-state index contributed by atoms with van der Waals surface area (Å²) in [5.41, 5.74) is 6.96. The van der Waals surface area contributed by atoms with Gasteiger partial charge in [0, 0.05) is 0 Å². The molecule has 2 aromatic heterocycles. The van der Waals surface area contributed by atoms with Gasteiger partial charge in [0.2, 0.25) is 0 Å². The summed E-state index contributed by atoms with van der Waals surface area (Å²) in [6, 6.07) is 0. The molecule has 0 unspecified atom stereocenters. The summed E-state index contributed by atoms with van der Waals surface area (Å²) in [7, 11) is 0. The van der Waals surface area contributed by atoms with Crippen LogP contribution >= 0.6 is 0 Å². The number of hydrogen-bond acceptors (Lipinski definition) is 5. The average molecular weight is 193 g/mol. The van der Waals surface area contributed by atoms with Crippen molar-refractivity contribution < 1.29 is 4.84 Å².